The molecule has 0 N–H and O–H groups in total. The summed E-state index contributed by atoms with van der Waals surface area (Å²) in [6, 6.07) is 9.74. The number of benzene rings is 1. The molecule has 0 saturated carbocycles. The molecule has 2 aliphatic heterocycles. The first kappa shape index (κ1) is 17.1. The highest BCUT2D eigenvalue weighted by Crippen LogP contribution is 2.41. The molecular formula is C18H22O6. The third-order valence-electron chi connectivity index (χ3n) is 3.96. The van der Waals surface area contributed by atoms with Crippen LogP contribution in [0.2, 0.25) is 0 Å². The van der Waals surface area contributed by atoms with E-state index in [0.717, 1.165) is 5.56 Å². The van der Waals surface area contributed by atoms with Crippen LogP contribution in [0.25, 0.3) is 0 Å². The van der Waals surface area contributed by atoms with E-state index in [1.807, 2.05) is 44.2 Å². The molecular weight excluding hydrogens is 312 g/mol. The van der Waals surface area contributed by atoms with Crippen LogP contribution in [0, 0.1) is 0 Å². The first-order valence-electron chi connectivity index (χ1n) is 7.90. The van der Waals surface area contributed by atoms with E-state index in [-0.39, 0.29) is 12.9 Å². The van der Waals surface area contributed by atoms with Crippen molar-refractivity contribution in [2.45, 2.75) is 44.1 Å². The minimum absolute atomic E-state index is 0.0933. The van der Waals surface area contributed by atoms with E-state index in [1.54, 1.807) is 13.2 Å². The summed E-state index contributed by atoms with van der Waals surface area (Å²) in [5.74, 6) is -1.21. The Balaban J connectivity index is 1.88. The van der Waals surface area contributed by atoms with Crippen LogP contribution >= 0.6 is 0 Å². The van der Waals surface area contributed by atoms with Crippen molar-refractivity contribution in [2.75, 3.05) is 13.9 Å². The number of cyclic esters (lactones) is 1. The van der Waals surface area contributed by atoms with Gasteiger partial charge in [0.25, 0.3) is 0 Å². The van der Waals surface area contributed by atoms with E-state index >= 15 is 0 Å². The highest BCUT2D eigenvalue weighted by Gasteiger charge is 2.50. The molecule has 1 aromatic rings. The zero-order valence-corrected chi connectivity index (χ0v) is 14.0. The second-order valence-corrected chi connectivity index (χ2v) is 6.23. The van der Waals surface area contributed by atoms with E-state index in [4.69, 9.17) is 23.7 Å². The van der Waals surface area contributed by atoms with Gasteiger partial charge in [-0.3, -0.25) is 0 Å². The highest BCUT2D eigenvalue weighted by molar-refractivity contribution is 5.83. The van der Waals surface area contributed by atoms with Crippen LogP contribution in [-0.2, 0) is 28.5 Å². The Kier molecular flexibility index (Phi) is 5.01. The number of esters is 1. The lowest BCUT2D eigenvalue weighted by Gasteiger charge is -2.33. The van der Waals surface area contributed by atoms with Gasteiger partial charge in [0.15, 0.2) is 11.9 Å². The predicted octanol–water partition coefficient (Wildman–Crippen LogP) is 2.35. The number of hydrogen-bond donors (Lipinski definition) is 0. The lowest BCUT2D eigenvalue weighted by atomic mass is 9.96. The molecule has 2 heterocycles. The molecule has 1 saturated heterocycles. The summed E-state index contributed by atoms with van der Waals surface area (Å²) < 4.78 is 28.2. The fraction of sp³-hybridized carbons (Fsp3) is 0.500. The standard InChI is InChI=1S/C18H22O6/c1-18(2)23-15(12-7-5-4-6-8-12)17(24-18)16-13(21-11-20-3)9-10-14(19)22-16/h4-10,13,15-17H,11H2,1-3H3/t13-,15-,16+,17+/m0/s1. The first-order chi connectivity index (χ1) is 11.5. The summed E-state index contributed by atoms with van der Waals surface area (Å²) in [5.41, 5.74) is 0.962. The molecule has 0 unspecified atom stereocenters. The van der Waals surface area contributed by atoms with Gasteiger partial charge in [-0.25, -0.2) is 4.79 Å². The number of rotatable bonds is 5. The number of methoxy groups -OCH3 is 1. The lowest BCUT2D eigenvalue weighted by molar-refractivity contribution is -0.188. The monoisotopic (exact) mass is 334 g/mol. The Bertz CT molecular complexity index is 597. The maximum atomic E-state index is 11.8. The van der Waals surface area contributed by atoms with Gasteiger partial charge in [0.2, 0.25) is 0 Å². The van der Waals surface area contributed by atoms with Crippen molar-refractivity contribution in [2.24, 2.45) is 0 Å². The van der Waals surface area contributed by atoms with Gasteiger partial charge in [0.05, 0.1) is 0 Å². The van der Waals surface area contributed by atoms with Crippen molar-refractivity contribution in [1.82, 2.24) is 0 Å². The maximum absolute atomic E-state index is 11.8. The molecule has 2 aliphatic rings. The Morgan fingerprint density at radius 2 is 1.88 bits per heavy atom. The summed E-state index contributed by atoms with van der Waals surface area (Å²) >= 11 is 0. The van der Waals surface area contributed by atoms with Crippen LogP contribution in [0.4, 0.5) is 0 Å². The van der Waals surface area contributed by atoms with Crippen molar-refractivity contribution in [3.8, 4) is 0 Å². The average molecular weight is 334 g/mol. The highest BCUT2D eigenvalue weighted by atomic mass is 16.8. The van der Waals surface area contributed by atoms with Gasteiger partial charge in [-0.05, 0) is 25.5 Å². The normalized spacial score (nSPS) is 31.9. The molecule has 6 heteroatoms. The molecule has 0 aliphatic carbocycles. The summed E-state index contributed by atoms with van der Waals surface area (Å²) in [6.07, 6.45) is 1.10. The number of hydrogen-bond acceptors (Lipinski definition) is 6. The van der Waals surface area contributed by atoms with E-state index in [1.165, 1.54) is 6.08 Å². The average Bonchev–Trinajstić information content (AvgIpc) is 2.90. The Labute approximate surface area is 141 Å². The minimum atomic E-state index is -0.787. The molecule has 1 aromatic carbocycles. The summed E-state index contributed by atoms with van der Waals surface area (Å²) in [5, 5.41) is 0. The molecule has 0 amide bonds. The zero-order chi connectivity index (χ0) is 17.2. The lowest BCUT2D eigenvalue weighted by Crippen LogP contribution is -2.46. The van der Waals surface area contributed by atoms with Crippen LogP contribution in [0.15, 0.2) is 42.5 Å². The van der Waals surface area contributed by atoms with Gasteiger partial charge in [-0.1, -0.05) is 30.3 Å². The summed E-state index contributed by atoms with van der Waals surface area (Å²) in [7, 11) is 1.54. The van der Waals surface area contributed by atoms with Crippen molar-refractivity contribution in [3.05, 3.63) is 48.0 Å². The summed E-state index contributed by atoms with van der Waals surface area (Å²) in [4.78, 5) is 11.8. The Morgan fingerprint density at radius 3 is 2.58 bits per heavy atom. The molecule has 1 fully saturated rings. The summed E-state index contributed by atoms with van der Waals surface area (Å²) in [6.45, 7) is 3.78. The van der Waals surface area contributed by atoms with Crippen LogP contribution < -0.4 is 0 Å². The second kappa shape index (κ2) is 7.03. The molecule has 0 radical (unpaired) electrons. The van der Waals surface area contributed by atoms with Crippen molar-refractivity contribution in [3.63, 3.8) is 0 Å². The van der Waals surface area contributed by atoms with Crippen LogP contribution in [0.1, 0.15) is 25.5 Å². The number of carbonyl (C=O) groups is 1. The van der Waals surface area contributed by atoms with E-state index < -0.39 is 30.1 Å². The van der Waals surface area contributed by atoms with E-state index in [9.17, 15) is 4.79 Å². The number of ether oxygens (including phenoxy) is 5. The number of carbonyl (C=O) groups excluding carboxylic acids is 1. The molecule has 0 spiro atoms. The second-order valence-electron chi connectivity index (χ2n) is 6.23. The van der Waals surface area contributed by atoms with E-state index in [0.29, 0.717) is 0 Å². The van der Waals surface area contributed by atoms with Gasteiger partial charge in [-0.15, -0.1) is 0 Å². The molecule has 0 bridgehead atoms. The zero-order valence-electron chi connectivity index (χ0n) is 14.0. The fourth-order valence-electron chi connectivity index (χ4n) is 3.00. The SMILES string of the molecule is COCO[C@H]1C=CC(=O)O[C@H]1[C@@H]1OC(C)(C)O[C@H]1c1ccccc1. The van der Waals surface area contributed by atoms with Crippen molar-refractivity contribution in [1.29, 1.82) is 0 Å². The fourth-order valence-corrected chi connectivity index (χ4v) is 3.00. The largest absolute Gasteiger partial charge is 0.453 e. The van der Waals surface area contributed by atoms with Gasteiger partial charge >= 0.3 is 5.97 Å². The van der Waals surface area contributed by atoms with Crippen LogP contribution in [0.5, 0.6) is 0 Å². The molecule has 24 heavy (non-hydrogen) atoms. The molecule has 3 rings (SSSR count). The van der Waals surface area contributed by atoms with Crippen molar-refractivity contribution >= 4 is 5.97 Å². The van der Waals surface area contributed by atoms with E-state index in [2.05, 4.69) is 0 Å². The van der Waals surface area contributed by atoms with Gasteiger partial charge < -0.3 is 23.7 Å². The predicted molar refractivity (Wildman–Crippen MR) is 85.0 cm³/mol. The van der Waals surface area contributed by atoms with Crippen molar-refractivity contribution < 1.29 is 28.5 Å². The molecule has 0 aromatic heterocycles. The van der Waals surface area contributed by atoms with Gasteiger partial charge in [0, 0.05) is 13.2 Å². The molecule has 6 nitrogen and oxygen atoms in total. The van der Waals surface area contributed by atoms with Gasteiger partial charge in [-0.2, -0.15) is 0 Å². The Morgan fingerprint density at radius 1 is 1.12 bits per heavy atom. The first-order valence-corrected chi connectivity index (χ1v) is 7.90. The molecule has 130 valence electrons. The quantitative estimate of drug-likeness (QED) is 0.608. The maximum Gasteiger partial charge on any atom is 0.330 e. The van der Waals surface area contributed by atoms with Crippen LogP contribution in [-0.4, -0.2) is 44.0 Å². The Hall–Kier alpha value is -1.73. The minimum Gasteiger partial charge on any atom is -0.453 e. The topological polar surface area (TPSA) is 63.2 Å². The molecule has 4 atom stereocenters. The smallest absolute Gasteiger partial charge is 0.330 e. The third kappa shape index (κ3) is 3.67. The third-order valence-corrected chi connectivity index (χ3v) is 3.96. The van der Waals surface area contributed by atoms with Crippen LogP contribution in [0.3, 0.4) is 0 Å². The van der Waals surface area contributed by atoms with Gasteiger partial charge in [0.1, 0.15) is 25.1 Å².